The molecule has 0 aliphatic rings. The number of nitrogens with zero attached hydrogens (tertiary/aromatic N) is 2. The van der Waals surface area contributed by atoms with E-state index in [0.29, 0.717) is 0 Å². The Morgan fingerprint density at radius 3 is 2.87 bits per heavy atom. The molecule has 4 nitrogen and oxygen atoms in total. The molecule has 0 N–H and O–H groups in total. The third kappa shape index (κ3) is 1.70. The molecule has 0 spiro atoms. The molecule has 1 aromatic heterocycles. The second-order valence-electron chi connectivity index (χ2n) is 3.51. The maximum atomic E-state index is 10.6. The molecule has 0 radical (unpaired) electrons. The number of fused-ring (bicyclic) bond motifs is 1. The molecule has 0 atom stereocenters. The Balaban J connectivity index is 2.51. The topological polar surface area (TPSA) is 48.1 Å². The van der Waals surface area contributed by atoms with Crippen molar-refractivity contribution in [3.05, 3.63) is 40.6 Å². The Hall–Kier alpha value is -1.84. The average molecular weight is 204 g/mol. The minimum atomic E-state index is -0.364. The van der Waals surface area contributed by atoms with Gasteiger partial charge >= 0.3 is 0 Å². The van der Waals surface area contributed by atoms with Gasteiger partial charge in [-0.2, -0.15) is 0 Å². The standard InChI is InChI=1S/C11H12N2O2/c1-2-6-12-7-5-9-8-10(13(14)15)3-4-11(9)12/h3-5,7-8H,2,6H2,1H3. The van der Waals surface area contributed by atoms with E-state index in [4.69, 9.17) is 0 Å². The molecule has 0 amide bonds. The molecule has 2 rings (SSSR count). The number of nitro groups is 1. The normalized spacial score (nSPS) is 10.7. The van der Waals surface area contributed by atoms with Crippen molar-refractivity contribution in [2.45, 2.75) is 19.9 Å². The molecule has 0 unspecified atom stereocenters. The van der Waals surface area contributed by atoms with Gasteiger partial charge in [-0.3, -0.25) is 10.1 Å². The van der Waals surface area contributed by atoms with Gasteiger partial charge in [0.25, 0.3) is 5.69 Å². The van der Waals surface area contributed by atoms with Crippen LogP contribution in [0, 0.1) is 10.1 Å². The maximum Gasteiger partial charge on any atom is 0.270 e. The molecule has 0 aliphatic carbocycles. The van der Waals surface area contributed by atoms with Crippen LogP contribution in [0.2, 0.25) is 0 Å². The zero-order chi connectivity index (χ0) is 10.8. The summed E-state index contributed by atoms with van der Waals surface area (Å²) in [6, 6.07) is 6.89. The molecule has 0 saturated heterocycles. The summed E-state index contributed by atoms with van der Waals surface area (Å²) in [4.78, 5) is 10.2. The van der Waals surface area contributed by atoms with Crippen molar-refractivity contribution in [1.82, 2.24) is 4.57 Å². The number of non-ortho nitro benzene ring substituents is 1. The second kappa shape index (κ2) is 3.73. The van der Waals surface area contributed by atoms with Gasteiger partial charge in [-0.15, -0.1) is 0 Å². The second-order valence-corrected chi connectivity index (χ2v) is 3.51. The molecular weight excluding hydrogens is 192 g/mol. The molecule has 0 bridgehead atoms. The molecule has 0 aliphatic heterocycles. The van der Waals surface area contributed by atoms with Crippen LogP contribution in [-0.4, -0.2) is 9.49 Å². The summed E-state index contributed by atoms with van der Waals surface area (Å²) in [6.07, 6.45) is 3.03. The highest BCUT2D eigenvalue weighted by Crippen LogP contribution is 2.21. The van der Waals surface area contributed by atoms with Crippen LogP contribution in [0.3, 0.4) is 0 Å². The lowest BCUT2D eigenvalue weighted by molar-refractivity contribution is -0.384. The maximum absolute atomic E-state index is 10.6. The zero-order valence-corrected chi connectivity index (χ0v) is 8.51. The first kappa shape index (κ1) is 9.71. The largest absolute Gasteiger partial charge is 0.347 e. The fraction of sp³-hybridized carbons (Fsp3) is 0.273. The summed E-state index contributed by atoms with van der Waals surface area (Å²) in [5.41, 5.74) is 1.21. The molecule has 4 heteroatoms. The van der Waals surface area contributed by atoms with Gasteiger partial charge < -0.3 is 4.57 Å². The predicted molar refractivity (Wildman–Crippen MR) is 58.9 cm³/mol. The first-order valence-electron chi connectivity index (χ1n) is 4.95. The summed E-state index contributed by atoms with van der Waals surface area (Å²) in [6.45, 7) is 3.05. The first-order valence-corrected chi connectivity index (χ1v) is 4.95. The van der Waals surface area contributed by atoms with Gasteiger partial charge in [-0.1, -0.05) is 6.92 Å². The summed E-state index contributed by atoms with van der Waals surface area (Å²) in [5.74, 6) is 0. The molecule has 2 aromatic rings. The van der Waals surface area contributed by atoms with Crippen LogP contribution < -0.4 is 0 Å². The van der Waals surface area contributed by atoms with Crippen molar-refractivity contribution in [2.24, 2.45) is 0 Å². The minimum absolute atomic E-state index is 0.150. The number of aryl methyl sites for hydroxylation is 1. The smallest absolute Gasteiger partial charge is 0.270 e. The molecule has 15 heavy (non-hydrogen) atoms. The van der Waals surface area contributed by atoms with Crippen LogP contribution >= 0.6 is 0 Å². The third-order valence-electron chi connectivity index (χ3n) is 2.43. The van der Waals surface area contributed by atoms with Crippen molar-refractivity contribution in [3.8, 4) is 0 Å². The first-order chi connectivity index (χ1) is 7.22. The highest BCUT2D eigenvalue weighted by molar-refractivity contribution is 5.82. The van der Waals surface area contributed by atoms with E-state index in [-0.39, 0.29) is 10.6 Å². The number of nitro benzene ring substituents is 1. The van der Waals surface area contributed by atoms with Crippen LogP contribution in [0.4, 0.5) is 5.69 Å². The number of hydrogen-bond donors (Lipinski definition) is 0. The van der Waals surface area contributed by atoms with Crippen molar-refractivity contribution in [1.29, 1.82) is 0 Å². The number of rotatable bonds is 3. The van der Waals surface area contributed by atoms with E-state index < -0.39 is 0 Å². The lowest BCUT2D eigenvalue weighted by Gasteiger charge is -2.01. The highest BCUT2D eigenvalue weighted by Gasteiger charge is 2.07. The van der Waals surface area contributed by atoms with Crippen LogP contribution in [0.1, 0.15) is 13.3 Å². The van der Waals surface area contributed by atoms with E-state index in [1.165, 1.54) is 0 Å². The van der Waals surface area contributed by atoms with Crippen molar-refractivity contribution in [2.75, 3.05) is 0 Å². The van der Waals surface area contributed by atoms with Gasteiger partial charge in [-0.05, 0) is 18.6 Å². The van der Waals surface area contributed by atoms with E-state index in [9.17, 15) is 10.1 Å². The van der Waals surface area contributed by atoms with E-state index >= 15 is 0 Å². The average Bonchev–Trinajstić information content (AvgIpc) is 2.61. The third-order valence-corrected chi connectivity index (χ3v) is 2.43. The zero-order valence-electron chi connectivity index (χ0n) is 8.51. The van der Waals surface area contributed by atoms with Crippen molar-refractivity contribution in [3.63, 3.8) is 0 Å². The van der Waals surface area contributed by atoms with Gasteiger partial charge in [-0.25, -0.2) is 0 Å². The summed E-state index contributed by atoms with van der Waals surface area (Å²) < 4.78 is 2.11. The molecule has 1 aromatic carbocycles. The predicted octanol–water partition coefficient (Wildman–Crippen LogP) is 2.96. The molecule has 1 heterocycles. The van der Waals surface area contributed by atoms with Crippen LogP contribution in [0.25, 0.3) is 10.9 Å². The minimum Gasteiger partial charge on any atom is -0.347 e. The van der Waals surface area contributed by atoms with E-state index in [1.807, 2.05) is 18.3 Å². The fourth-order valence-electron chi connectivity index (χ4n) is 1.74. The highest BCUT2D eigenvalue weighted by atomic mass is 16.6. The number of benzene rings is 1. The summed E-state index contributed by atoms with van der Waals surface area (Å²) >= 11 is 0. The van der Waals surface area contributed by atoms with Crippen LogP contribution in [0.5, 0.6) is 0 Å². The Morgan fingerprint density at radius 2 is 2.20 bits per heavy atom. The molecular formula is C11H12N2O2. The van der Waals surface area contributed by atoms with Crippen molar-refractivity contribution >= 4 is 16.6 Å². The lowest BCUT2D eigenvalue weighted by Crippen LogP contribution is -1.94. The van der Waals surface area contributed by atoms with E-state index in [1.54, 1.807) is 12.1 Å². The van der Waals surface area contributed by atoms with Crippen LogP contribution in [-0.2, 0) is 6.54 Å². The Bertz CT molecular complexity index is 502. The van der Waals surface area contributed by atoms with Crippen LogP contribution in [0.15, 0.2) is 30.5 Å². The quantitative estimate of drug-likeness (QED) is 0.570. The Labute approximate surface area is 87.3 Å². The SMILES string of the molecule is CCCn1ccc2cc([N+](=O)[O-])ccc21. The van der Waals surface area contributed by atoms with Gasteiger partial charge in [0.15, 0.2) is 0 Å². The summed E-state index contributed by atoms with van der Waals surface area (Å²) in [7, 11) is 0. The van der Waals surface area contributed by atoms with Gasteiger partial charge in [0.2, 0.25) is 0 Å². The van der Waals surface area contributed by atoms with E-state index in [2.05, 4.69) is 11.5 Å². The number of aromatic nitrogens is 1. The van der Waals surface area contributed by atoms with Gasteiger partial charge in [0, 0.05) is 35.8 Å². The van der Waals surface area contributed by atoms with Gasteiger partial charge in [0.05, 0.1) is 4.92 Å². The van der Waals surface area contributed by atoms with Crippen molar-refractivity contribution < 1.29 is 4.92 Å². The molecule has 78 valence electrons. The fourth-order valence-corrected chi connectivity index (χ4v) is 1.74. The Morgan fingerprint density at radius 1 is 1.40 bits per heavy atom. The molecule has 0 saturated carbocycles. The summed E-state index contributed by atoms with van der Waals surface area (Å²) in [5, 5.41) is 11.5. The number of hydrogen-bond acceptors (Lipinski definition) is 2. The Kier molecular flexibility index (Phi) is 2.41. The molecule has 0 fully saturated rings. The van der Waals surface area contributed by atoms with Gasteiger partial charge in [0.1, 0.15) is 0 Å². The monoisotopic (exact) mass is 204 g/mol. The lowest BCUT2D eigenvalue weighted by atomic mass is 10.2. The van der Waals surface area contributed by atoms with E-state index in [0.717, 1.165) is 23.9 Å².